The summed E-state index contributed by atoms with van der Waals surface area (Å²) in [6, 6.07) is 24.6. The van der Waals surface area contributed by atoms with Gasteiger partial charge in [0.25, 0.3) is 5.91 Å². The van der Waals surface area contributed by atoms with Crippen molar-refractivity contribution in [3.63, 3.8) is 0 Å². The Morgan fingerprint density at radius 1 is 0.892 bits per heavy atom. The number of para-hydroxylation sites is 3. The molecule has 1 aliphatic heterocycles. The third-order valence-electron chi connectivity index (χ3n) is 6.85. The number of fused-ring (bicyclic) bond motifs is 1. The van der Waals surface area contributed by atoms with Crippen molar-refractivity contribution in [2.45, 2.75) is 12.8 Å². The number of methoxy groups -OCH3 is 2. The van der Waals surface area contributed by atoms with Crippen LogP contribution in [0.25, 0.3) is 22.2 Å². The molecule has 0 spiro atoms. The molecule has 0 saturated carbocycles. The molecule has 1 aliphatic rings. The predicted octanol–water partition coefficient (Wildman–Crippen LogP) is 5.41. The first-order valence-corrected chi connectivity index (χ1v) is 12.3. The Morgan fingerprint density at radius 2 is 1.59 bits per heavy atom. The van der Waals surface area contributed by atoms with Crippen molar-refractivity contribution >= 4 is 28.4 Å². The fourth-order valence-corrected chi connectivity index (χ4v) is 4.76. The van der Waals surface area contributed by atoms with E-state index in [2.05, 4.69) is 5.32 Å². The average Bonchev–Trinajstić information content (AvgIpc) is 2.96. The smallest absolute Gasteiger partial charge is 0.254 e. The third kappa shape index (κ3) is 5.11. The highest BCUT2D eigenvalue weighted by Gasteiger charge is 2.29. The van der Waals surface area contributed by atoms with Gasteiger partial charge in [-0.3, -0.25) is 9.59 Å². The molecule has 2 amide bonds. The largest absolute Gasteiger partial charge is 0.497 e. The van der Waals surface area contributed by atoms with Gasteiger partial charge in [0.05, 0.1) is 36.7 Å². The van der Waals surface area contributed by atoms with Crippen LogP contribution in [0.2, 0.25) is 0 Å². The van der Waals surface area contributed by atoms with Crippen LogP contribution in [-0.4, -0.2) is 49.0 Å². The fourth-order valence-electron chi connectivity index (χ4n) is 4.76. The molecule has 7 heteroatoms. The second-order valence-corrected chi connectivity index (χ2v) is 9.06. The van der Waals surface area contributed by atoms with Crippen LogP contribution in [0.4, 0.5) is 5.69 Å². The van der Waals surface area contributed by atoms with Gasteiger partial charge in [-0.05, 0) is 61.4 Å². The Morgan fingerprint density at radius 3 is 2.32 bits per heavy atom. The zero-order chi connectivity index (χ0) is 25.8. The maximum atomic E-state index is 13.7. The highest BCUT2D eigenvalue weighted by Crippen LogP contribution is 2.29. The van der Waals surface area contributed by atoms with Crippen molar-refractivity contribution in [1.82, 2.24) is 9.88 Å². The molecule has 1 aromatic heterocycles. The molecule has 0 radical (unpaired) electrons. The van der Waals surface area contributed by atoms with E-state index in [1.54, 1.807) is 14.2 Å². The number of benzene rings is 3. The van der Waals surface area contributed by atoms with Crippen molar-refractivity contribution in [3.8, 4) is 22.8 Å². The van der Waals surface area contributed by atoms with Crippen LogP contribution in [0.5, 0.6) is 11.5 Å². The number of ether oxygens (including phenoxy) is 2. The van der Waals surface area contributed by atoms with Gasteiger partial charge in [-0.1, -0.05) is 30.3 Å². The average molecular weight is 496 g/mol. The summed E-state index contributed by atoms with van der Waals surface area (Å²) in [5, 5.41) is 3.80. The van der Waals surface area contributed by atoms with Crippen molar-refractivity contribution in [2.75, 3.05) is 32.6 Å². The van der Waals surface area contributed by atoms with Gasteiger partial charge in [-0.2, -0.15) is 0 Å². The van der Waals surface area contributed by atoms with E-state index in [0.29, 0.717) is 42.9 Å². The molecule has 3 aromatic carbocycles. The molecule has 1 N–H and O–H groups in total. The van der Waals surface area contributed by atoms with Crippen LogP contribution in [0.15, 0.2) is 78.9 Å². The summed E-state index contributed by atoms with van der Waals surface area (Å²) in [7, 11) is 3.21. The lowest BCUT2D eigenvalue weighted by atomic mass is 9.94. The molecule has 2 heterocycles. The second kappa shape index (κ2) is 10.7. The molecule has 188 valence electrons. The number of anilines is 1. The number of pyridine rings is 1. The molecule has 0 aliphatic carbocycles. The SMILES string of the molecule is COc1ccc(-c2cc(C(=O)N3CCC(C(=O)Nc4ccccc4OC)CC3)c3ccccc3n2)cc1. The first-order valence-electron chi connectivity index (χ1n) is 12.3. The Kier molecular flexibility index (Phi) is 7.03. The van der Waals surface area contributed by atoms with Gasteiger partial charge in [-0.25, -0.2) is 4.98 Å². The molecule has 0 unspecified atom stereocenters. The van der Waals surface area contributed by atoms with Gasteiger partial charge < -0.3 is 19.7 Å². The van der Waals surface area contributed by atoms with E-state index in [1.807, 2.05) is 83.8 Å². The Balaban J connectivity index is 1.33. The van der Waals surface area contributed by atoms with Gasteiger partial charge in [-0.15, -0.1) is 0 Å². The van der Waals surface area contributed by atoms with E-state index >= 15 is 0 Å². The summed E-state index contributed by atoms with van der Waals surface area (Å²) in [5.74, 6) is 1.13. The van der Waals surface area contributed by atoms with E-state index in [9.17, 15) is 9.59 Å². The molecule has 0 bridgehead atoms. The number of piperidine rings is 1. The molecule has 37 heavy (non-hydrogen) atoms. The first kappa shape index (κ1) is 24.3. The second-order valence-electron chi connectivity index (χ2n) is 9.06. The molecular weight excluding hydrogens is 466 g/mol. The molecule has 1 saturated heterocycles. The minimum absolute atomic E-state index is 0.0445. The molecule has 1 fully saturated rings. The minimum Gasteiger partial charge on any atom is -0.497 e. The van der Waals surface area contributed by atoms with Gasteiger partial charge in [0.2, 0.25) is 5.91 Å². The normalized spacial score (nSPS) is 13.8. The summed E-state index contributed by atoms with van der Waals surface area (Å²) < 4.78 is 10.6. The zero-order valence-corrected chi connectivity index (χ0v) is 20.9. The lowest BCUT2D eigenvalue weighted by molar-refractivity contribution is -0.121. The van der Waals surface area contributed by atoms with Crippen LogP contribution < -0.4 is 14.8 Å². The number of rotatable bonds is 6. The number of carbonyl (C=O) groups excluding carboxylic acids is 2. The zero-order valence-electron chi connectivity index (χ0n) is 20.9. The molecular formula is C30H29N3O4. The molecule has 4 aromatic rings. The van der Waals surface area contributed by atoms with Crippen LogP contribution in [-0.2, 0) is 4.79 Å². The Bertz CT molecular complexity index is 1430. The van der Waals surface area contributed by atoms with Gasteiger partial charge in [0.15, 0.2) is 0 Å². The summed E-state index contributed by atoms with van der Waals surface area (Å²) in [4.78, 5) is 33.3. The lowest BCUT2D eigenvalue weighted by Crippen LogP contribution is -2.41. The number of aromatic nitrogens is 1. The number of hydrogen-bond acceptors (Lipinski definition) is 5. The van der Waals surface area contributed by atoms with Crippen molar-refractivity contribution in [2.24, 2.45) is 5.92 Å². The van der Waals surface area contributed by atoms with Crippen molar-refractivity contribution in [1.29, 1.82) is 0 Å². The third-order valence-corrected chi connectivity index (χ3v) is 6.85. The lowest BCUT2D eigenvalue weighted by Gasteiger charge is -2.31. The summed E-state index contributed by atoms with van der Waals surface area (Å²) in [6.07, 6.45) is 1.20. The highest BCUT2D eigenvalue weighted by molar-refractivity contribution is 6.07. The van der Waals surface area contributed by atoms with E-state index in [0.717, 1.165) is 27.9 Å². The van der Waals surface area contributed by atoms with Crippen molar-refractivity contribution in [3.05, 3.63) is 84.4 Å². The predicted molar refractivity (Wildman–Crippen MR) is 144 cm³/mol. The monoisotopic (exact) mass is 495 g/mol. The topological polar surface area (TPSA) is 80.8 Å². The van der Waals surface area contributed by atoms with Gasteiger partial charge in [0.1, 0.15) is 11.5 Å². The molecule has 7 nitrogen and oxygen atoms in total. The number of likely N-dealkylation sites (tertiary alicyclic amines) is 1. The summed E-state index contributed by atoms with van der Waals surface area (Å²) >= 11 is 0. The Hall–Kier alpha value is -4.39. The molecule has 5 rings (SSSR count). The van der Waals surface area contributed by atoms with E-state index < -0.39 is 0 Å². The number of nitrogens with zero attached hydrogens (tertiary/aromatic N) is 2. The first-order chi connectivity index (χ1) is 18.1. The fraction of sp³-hybridized carbons (Fsp3) is 0.233. The van der Waals surface area contributed by atoms with Crippen LogP contribution >= 0.6 is 0 Å². The van der Waals surface area contributed by atoms with Crippen molar-refractivity contribution < 1.29 is 19.1 Å². The Labute approximate surface area is 216 Å². The van der Waals surface area contributed by atoms with Gasteiger partial charge >= 0.3 is 0 Å². The highest BCUT2D eigenvalue weighted by atomic mass is 16.5. The quantitative estimate of drug-likeness (QED) is 0.387. The maximum Gasteiger partial charge on any atom is 0.254 e. The molecule has 0 atom stereocenters. The minimum atomic E-state index is -0.169. The summed E-state index contributed by atoms with van der Waals surface area (Å²) in [5.41, 5.74) is 3.68. The number of nitrogens with one attached hydrogen (secondary N) is 1. The van der Waals surface area contributed by atoms with Crippen LogP contribution in [0, 0.1) is 5.92 Å². The van der Waals surface area contributed by atoms with E-state index in [1.165, 1.54) is 0 Å². The maximum absolute atomic E-state index is 13.7. The number of carbonyl (C=O) groups is 2. The van der Waals surface area contributed by atoms with Gasteiger partial charge in [0, 0.05) is 30.0 Å². The summed E-state index contributed by atoms with van der Waals surface area (Å²) in [6.45, 7) is 1.02. The van der Waals surface area contributed by atoms with Crippen LogP contribution in [0.3, 0.4) is 0 Å². The van der Waals surface area contributed by atoms with E-state index in [4.69, 9.17) is 14.5 Å². The number of amides is 2. The number of hydrogen-bond donors (Lipinski definition) is 1. The standard InChI is InChI=1S/C30H29N3O4/c1-36-22-13-11-20(12-14-22)27-19-24(23-7-3-4-8-25(23)31-27)30(35)33-17-15-21(16-18-33)29(34)32-26-9-5-6-10-28(26)37-2/h3-14,19,21H,15-18H2,1-2H3,(H,32,34). The van der Waals surface area contributed by atoms with E-state index in [-0.39, 0.29) is 17.7 Å². The van der Waals surface area contributed by atoms with Crippen LogP contribution in [0.1, 0.15) is 23.2 Å².